The minimum Gasteiger partial charge on any atom is -0.409 e. The number of oxime groups is 1. The molecule has 0 atom stereocenters. The topological polar surface area (TPSA) is 61.8 Å². The van der Waals surface area contributed by atoms with Crippen LogP contribution in [0.5, 0.6) is 0 Å². The Hall–Kier alpha value is -0.770. The molecule has 0 unspecified atom stereocenters. The van der Waals surface area contributed by atoms with Gasteiger partial charge in [0.1, 0.15) is 5.84 Å². The standard InChI is InChI=1S/C15H31N3O/c1-4-13-5-7-14(8-6-13)18(11-12(2)3)10-9-15(16)17-19/h12-14,19H,4-11H2,1-3H3,(H2,16,17). The van der Waals surface area contributed by atoms with Crippen LogP contribution in [0, 0.1) is 11.8 Å². The number of nitrogens with zero attached hydrogens (tertiary/aromatic N) is 2. The van der Waals surface area contributed by atoms with Gasteiger partial charge in [-0.1, -0.05) is 32.3 Å². The summed E-state index contributed by atoms with van der Waals surface area (Å²) in [5, 5.41) is 11.7. The van der Waals surface area contributed by atoms with Crippen LogP contribution in [0.15, 0.2) is 5.16 Å². The van der Waals surface area contributed by atoms with Gasteiger partial charge in [0.05, 0.1) is 0 Å². The number of rotatable bonds is 7. The van der Waals surface area contributed by atoms with E-state index in [9.17, 15) is 0 Å². The lowest BCUT2D eigenvalue weighted by Crippen LogP contribution is -2.41. The third-order valence-electron chi connectivity index (χ3n) is 4.29. The van der Waals surface area contributed by atoms with Crippen LogP contribution in [0.2, 0.25) is 0 Å². The highest BCUT2D eigenvalue weighted by atomic mass is 16.4. The highest BCUT2D eigenvalue weighted by molar-refractivity contribution is 5.79. The van der Waals surface area contributed by atoms with Gasteiger partial charge < -0.3 is 10.9 Å². The van der Waals surface area contributed by atoms with Crippen LogP contribution in [-0.4, -0.2) is 35.1 Å². The van der Waals surface area contributed by atoms with Crippen molar-refractivity contribution < 1.29 is 5.21 Å². The van der Waals surface area contributed by atoms with Gasteiger partial charge in [0.25, 0.3) is 0 Å². The largest absolute Gasteiger partial charge is 0.409 e. The molecule has 19 heavy (non-hydrogen) atoms. The maximum absolute atomic E-state index is 8.65. The number of amidine groups is 1. The summed E-state index contributed by atoms with van der Waals surface area (Å²) >= 11 is 0. The zero-order chi connectivity index (χ0) is 14.3. The predicted octanol–water partition coefficient (Wildman–Crippen LogP) is 3.05. The molecule has 1 aliphatic rings. The summed E-state index contributed by atoms with van der Waals surface area (Å²) in [7, 11) is 0. The molecule has 3 N–H and O–H groups in total. The summed E-state index contributed by atoms with van der Waals surface area (Å²) in [5.41, 5.74) is 5.60. The molecule has 1 aliphatic carbocycles. The van der Waals surface area contributed by atoms with Crippen molar-refractivity contribution in [2.75, 3.05) is 13.1 Å². The molecule has 0 saturated heterocycles. The predicted molar refractivity (Wildman–Crippen MR) is 80.5 cm³/mol. The van der Waals surface area contributed by atoms with Gasteiger partial charge in [-0.15, -0.1) is 0 Å². The number of nitrogens with two attached hydrogens (primary N) is 1. The van der Waals surface area contributed by atoms with Crippen LogP contribution >= 0.6 is 0 Å². The molecule has 4 nitrogen and oxygen atoms in total. The van der Waals surface area contributed by atoms with Crippen LogP contribution in [0.3, 0.4) is 0 Å². The molecule has 0 aromatic rings. The van der Waals surface area contributed by atoms with E-state index in [4.69, 9.17) is 10.9 Å². The number of hydrogen-bond acceptors (Lipinski definition) is 3. The van der Waals surface area contributed by atoms with Gasteiger partial charge in [0.2, 0.25) is 0 Å². The Morgan fingerprint density at radius 3 is 2.42 bits per heavy atom. The van der Waals surface area contributed by atoms with Crippen molar-refractivity contribution in [3.63, 3.8) is 0 Å². The van der Waals surface area contributed by atoms with Crippen LogP contribution in [0.1, 0.15) is 59.3 Å². The zero-order valence-corrected chi connectivity index (χ0v) is 12.8. The SMILES string of the molecule is CCC1CCC(N(CCC(N)=NO)CC(C)C)CC1. The fourth-order valence-electron chi connectivity index (χ4n) is 3.12. The zero-order valence-electron chi connectivity index (χ0n) is 12.8. The van der Waals surface area contributed by atoms with Crippen molar-refractivity contribution in [1.82, 2.24) is 4.90 Å². The van der Waals surface area contributed by atoms with Crippen LogP contribution < -0.4 is 5.73 Å². The van der Waals surface area contributed by atoms with Crippen molar-refractivity contribution >= 4 is 5.84 Å². The van der Waals surface area contributed by atoms with Gasteiger partial charge in [0.15, 0.2) is 0 Å². The minimum atomic E-state index is 0.344. The summed E-state index contributed by atoms with van der Waals surface area (Å²) in [6.45, 7) is 8.84. The van der Waals surface area contributed by atoms with E-state index in [1.807, 2.05) is 0 Å². The highest BCUT2D eigenvalue weighted by Gasteiger charge is 2.25. The average Bonchev–Trinajstić information content (AvgIpc) is 2.42. The molecule has 0 aromatic carbocycles. The van der Waals surface area contributed by atoms with Gasteiger partial charge >= 0.3 is 0 Å². The Kier molecular flexibility index (Phi) is 7.21. The van der Waals surface area contributed by atoms with Gasteiger partial charge in [-0.25, -0.2) is 0 Å². The van der Waals surface area contributed by atoms with Gasteiger partial charge in [-0.05, 0) is 37.5 Å². The maximum atomic E-state index is 8.65. The van der Waals surface area contributed by atoms with E-state index < -0.39 is 0 Å². The lowest BCUT2D eigenvalue weighted by Gasteiger charge is -2.37. The third-order valence-corrected chi connectivity index (χ3v) is 4.29. The Labute approximate surface area is 118 Å². The second-order valence-corrected chi connectivity index (χ2v) is 6.31. The summed E-state index contributed by atoms with van der Waals surface area (Å²) in [4.78, 5) is 2.55. The van der Waals surface area contributed by atoms with Crippen molar-refractivity contribution in [2.24, 2.45) is 22.7 Å². The van der Waals surface area contributed by atoms with Crippen LogP contribution in [-0.2, 0) is 0 Å². The lowest BCUT2D eigenvalue weighted by atomic mass is 9.83. The Morgan fingerprint density at radius 2 is 1.95 bits per heavy atom. The summed E-state index contributed by atoms with van der Waals surface area (Å²) in [6, 6.07) is 0.691. The molecule has 4 heteroatoms. The Balaban J connectivity index is 2.49. The smallest absolute Gasteiger partial charge is 0.140 e. The lowest BCUT2D eigenvalue weighted by molar-refractivity contribution is 0.124. The molecule has 0 radical (unpaired) electrons. The molecule has 0 amide bonds. The normalized spacial score (nSPS) is 25.2. The Bertz CT molecular complexity index is 271. The molecule has 0 spiro atoms. The first-order chi connectivity index (χ1) is 9.06. The molecule has 1 rings (SSSR count). The molecule has 0 aliphatic heterocycles. The second-order valence-electron chi connectivity index (χ2n) is 6.31. The van der Waals surface area contributed by atoms with Gasteiger partial charge in [-0.2, -0.15) is 0 Å². The molecule has 0 heterocycles. The van der Waals surface area contributed by atoms with Gasteiger partial charge in [-0.3, -0.25) is 4.90 Å². The average molecular weight is 269 g/mol. The molecule has 0 aromatic heterocycles. The molecule has 1 saturated carbocycles. The summed E-state index contributed by atoms with van der Waals surface area (Å²) < 4.78 is 0. The second kappa shape index (κ2) is 8.41. The van der Waals surface area contributed by atoms with Crippen molar-refractivity contribution in [3.05, 3.63) is 0 Å². The summed E-state index contributed by atoms with van der Waals surface area (Å²) in [6.07, 6.45) is 7.32. The minimum absolute atomic E-state index is 0.344. The molecule has 1 fully saturated rings. The first-order valence-electron chi connectivity index (χ1n) is 7.77. The van der Waals surface area contributed by atoms with E-state index >= 15 is 0 Å². The van der Waals surface area contributed by atoms with Crippen LogP contribution in [0.25, 0.3) is 0 Å². The van der Waals surface area contributed by atoms with Gasteiger partial charge in [0, 0.05) is 25.6 Å². The first-order valence-corrected chi connectivity index (χ1v) is 7.77. The van der Waals surface area contributed by atoms with E-state index in [0.717, 1.165) is 19.0 Å². The van der Waals surface area contributed by atoms with E-state index in [1.165, 1.54) is 32.1 Å². The molecule has 112 valence electrons. The number of hydrogen-bond donors (Lipinski definition) is 2. The molecular weight excluding hydrogens is 238 g/mol. The molecular formula is C15H31N3O. The quantitative estimate of drug-likeness (QED) is 0.323. The van der Waals surface area contributed by atoms with Crippen molar-refractivity contribution in [3.8, 4) is 0 Å². The van der Waals surface area contributed by atoms with Crippen LogP contribution in [0.4, 0.5) is 0 Å². The van der Waals surface area contributed by atoms with E-state index in [-0.39, 0.29) is 0 Å². The van der Waals surface area contributed by atoms with E-state index in [0.29, 0.717) is 24.2 Å². The Morgan fingerprint density at radius 1 is 1.32 bits per heavy atom. The fraction of sp³-hybridized carbons (Fsp3) is 0.933. The monoisotopic (exact) mass is 269 g/mol. The fourth-order valence-corrected chi connectivity index (χ4v) is 3.12. The van der Waals surface area contributed by atoms with E-state index in [1.54, 1.807) is 0 Å². The highest BCUT2D eigenvalue weighted by Crippen LogP contribution is 2.29. The summed E-state index contributed by atoms with van der Waals surface area (Å²) in [5.74, 6) is 1.94. The first kappa shape index (κ1) is 16.3. The maximum Gasteiger partial charge on any atom is 0.140 e. The van der Waals surface area contributed by atoms with E-state index in [2.05, 4.69) is 30.8 Å². The molecule has 0 bridgehead atoms. The van der Waals surface area contributed by atoms with Crippen molar-refractivity contribution in [1.29, 1.82) is 0 Å². The third kappa shape index (κ3) is 5.81. The van der Waals surface area contributed by atoms with Crippen molar-refractivity contribution in [2.45, 2.75) is 65.3 Å².